The Labute approximate surface area is 69.9 Å². The first kappa shape index (κ1) is 9.29. The van der Waals surface area contributed by atoms with Crippen LogP contribution in [0.4, 0.5) is 0 Å². The molecule has 1 fully saturated rings. The Kier molecular flexibility index (Phi) is 2.89. The molecule has 0 spiro atoms. The average molecular weight is 191 g/mol. The largest absolute Gasteiger partial charge is 0.523 e. The number of esters is 2. The fourth-order valence-corrected chi connectivity index (χ4v) is 1.74. The Morgan fingerprint density at radius 3 is 2.75 bits per heavy atom. The van der Waals surface area contributed by atoms with Crippen molar-refractivity contribution in [3.8, 4) is 0 Å². The van der Waals surface area contributed by atoms with Crippen molar-refractivity contribution in [2.75, 3.05) is 7.11 Å². The van der Waals surface area contributed by atoms with E-state index in [1.54, 1.807) is 0 Å². The van der Waals surface area contributed by atoms with Gasteiger partial charge >= 0.3 is 20.0 Å². The minimum atomic E-state index is -2.03. The molecule has 1 aliphatic rings. The Morgan fingerprint density at radius 2 is 2.25 bits per heavy atom. The van der Waals surface area contributed by atoms with Crippen molar-refractivity contribution < 1.29 is 23.4 Å². The van der Waals surface area contributed by atoms with Crippen molar-refractivity contribution in [1.82, 2.24) is 0 Å². The Balaban J connectivity index is 2.62. The highest BCUT2D eigenvalue weighted by molar-refractivity contribution is 7.41. The molecule has 66 valence electrons. The highest BCUT2D eigenvalue weighted by Gasteiger charge is 2.44. The van der Waals surface area contributed by atoms with Gasteiger partial charge in [0.2, 0.25) is 0 Å². The summed E-state index contributed by atoms with van der Waals surface area (Å²) in [4.78, 5) is 21.4. The molecule has 1 aliphatic heterocycles. The fourth-order valence-electron chi connectivity index (χ4n) is 0.922. The molecule has 0 saturated carbocycles. The lowest BCUT2D eigenvalue weighted by Gasteiger charge is -2.09. The summed E-state index contributed by atoms with van der Waals surface area (Å²) < 4.78 is 19.8. The maximum Gasteiger partial charge on any atom is 0.523 e. The summed E-state index contributed by atoms with van der Waals surface area (Å²) in [5.74, 6) is -1.30. The lowest BCUT2D eigenvalue weighted by atomic mass is 10.2. The van der Waals surface area contributed by atoms with Crippen molar-refractivity contribution >= 4 is 20.0 Å². The molecule has 0 amide bonds. The number of ether oxygens (including phenoxy) is 1. The smallest absolute Gasteiger partial charge is 0.390 e. The van der Waals surface area contributed by atoms with Crippen LogP contribution in [0.25, 0.3) is 0 Å². The van der Waals surface area contributed by atoms with Crippen molar-refractivity contribution in [3.05, 3.63) is 0 Å². The van der Waals surface area contributed by atoms with Gasteiger partial charge in [0.1, 0.15) is 0 Å². The Morgan fingerprint density at radius 1 is 1.58 bits per heavy atom. The molecule has 0 aromatic carbocycles. The van der Waals surface area contributed by atoms with Gasteiger partial charge in [-0.2, -0.15) is 0 Å². The fraction of sp³-hybridized carbons (Fsp3) is 0.667. The number of carbonyl (C=O) groups excluding carboxylic acids is 2. The summed E-state index contributed by atoms with van der Waals surface area (Å²) in [7, 11) is -0.779. The molecule has 0 aromatic heterocycles. The normalized spacial score (nSPS) is 25.1. The summed E-state index contributed by atoms with van der Waals surface area (Å²) in [6.07, 6.45) is 0.377. The maximum atomic E-state index is 11.0. The Bertz CT molecular complexity index is 236. The molecule has 0 aromatic rings. The van der Waals surface area contributed by atoms with Crippen LogP contribution < -0.4 is 0 Å². The molecule has 0 bridgehead atoms. The summed E-state index contributed by atoms with van der Waals surface area (Å²) >= 11 is 0. The first-order valence-electron chi connectivity index (χ1n) is 3.40. The van der Waals surface area contributed by atoms with E-state index in [-0.39, 0.29) is 12.8 Å². The van der Waals surface area contributed by atoms with Crippen molar-refractivity contribution in [3.63, 3.8) is 0 Å². The van der Waals surface area contributed by atoms with E-state index in [2.05, 4.69) is 9.26 Å². The van der Waals surface area contributed by atoms with Gasteiger partial charge < -0.3 is 4.74 Å². The number of carbonyl (C=O) groups is 2. The highest BCUT2D eigenvalue weighted by atomic mass is 31.1. The Hall–Kier alpha value is -0.800. The number of cyclic esters (lactones) is 2. The van der Waals surface area contributed by atoms with Gasteiger partial charge in [0, 0.05) is 6.42 Å². The molecule has 2 unspecified atom stereocenters. The van der Waals surface area contributed by atoms with Gasteiger partial charge in [0.25, 0.3) is 5.66 Å². The first-order chi connectivity index (χ1) is 5.65. The van der Waals surface area contributed by atoms with Crippen LogP contribution in [0, 0.1) is 0 Å². The topological polar surface area (TPSA) is 69.7 Å². The molecule has 2 atom stereocenters. The molecule has 6 heteroatoms. The minimum absolute atomic E-state index is 0.126. The molecular weight excluding hydrogens is 183 g/mol. The second kappa shape index (κ2) is 3.74. The van der Waals surface area contributed by atoms with Crippen LogP contribution in [0.3, 0.4) is 0 Å². The number of rotatable bonds is 2. The van der Waals surface area contributed by atoms with E-state index < -0.39 is 25.6 Å². The van der Waals surface area contributed by atoms with E-state index in [4.69, 9.17) is 0 Å². The second-order valence-electron chi connectivity index (χ2n) is 2.32. The van der Waals surface area contributed by atoms with Gasteiger partial charge in [0.15, 0.2) is 0 Å². The third-order valence-corrected chi connectivity index (χ3v) is 2.88. The van der Waals surface area contributed by atoms with Crippen molar-refractivity contribution in [2.45, 2.75) is 18.5 Å². The van der Waals surface area contributed by atoms with Crippen molar-refractivity contribution in [1.29, 1.82) is 0 Å². The zero-order valence-electron chi connectivity index (χ0n) is 6.48. The lowest BCUT2D eigenvalue weighted by Crippen LogP contribution is -2.29. The van der Waals surface area contributed by atoms with E-state index in [1.165, 1.54) is 7.11 Å². The van der Waals surface area contributed by atoms with Gasteiger partial charge in [-0.05, 0) is 4.57 Å². The minimum Gasteiger partial charge on any atom is -0.390 e. The van der Waals surface area contributed by atoms with E-state index in [1.807, 2.05) is 0 Å². The SMILES string of the molecule is CO[P+](=O)C1CCC(=O)OC1=O. The summed E-state index contributed by atoms with van der Waals surface area (Å²) in [5, 5.41) is 0. The molecule has 0 radical (unpaired) electrons. The summed E-state index contributed by atoms with van der Waals surface area (Å²) in [5.41, 5.74) is -0.775. The quantitative estimate of drug-likeness (QED) is 0.363. The van der Waals surface area contributed by atoms with Crippen LogP contribution in [0.2, 0.25) is 0 Å². The third kappa shape index (κ3) is 1.87. The van der Waals surface area contributed by atoms with Gasteiger partial charge in [-0.25, -0.2) is 4.79 Å². The number of hydrogen-bond donors (Lipinski definition) is 0. The lowest BCUT2D eigenvalue weighted by molar-refractivity contribution is -0.162. The summed E-state index contributed by atoms with van der Waals surface area (Å²) in [6.45, 7) is 0. The maximum absolute atomic E-state index is 11.0. The first-order valence-corrected chi connectivity index (χ1v) is 4.65. The molecule has 5 nitrogen and oxygen atoms in total. The predicted octanol–water partition coefficient (Wildman–Crippen LogP) is 0.607. The van der Waals surface area contributed by atoms with E-state index in [9.17, 15) is 14.2 Å². The molecule has 0 N–H and O–H groups in total. The van der Waals surface area contributed by atoms with Crippen LogP contribution in [-0.4, -0.2) is 24.7 Å². The molecule has 1 rings (SSSR count). The summed E-state index contributed by atoms with van der Waals surface area (Å²) in [6, 6.07) is 0. The van der Waals surface area contributed by atoms with Gasteiger partial charge in [-0.3, -0.25) is 4.79 Å². The zero-order chi connectivity index (χ0) is 9.14. The van der Waals surface area contributed by atoms with Gasteiger partial charge in [-0.15, -0.1) is 4.52 Å². The van der Waals surface area contributed by atoms with Gasteiger partial charge in [-0.1, -0.05) is 0 Å². The third-order valence-electron chi connectivity index (χ3n) is 1.54. The van der Waals surface area contributed by atoms with E-state index in [0.717, 1.165) is 0 Å². The molecule has 12 heavy (non-hydrogen) atoms. The van der Waals surface area contributed by atoms with Crippen LogP contribution >= 0.6 is 8.03 Å². The van der Waals surface area contributed by atoms with Crippen LogP contribution in [-0.2, 0) is 23.4 Å². The molecule has 0 aliphatic carbocycles. The average Bonchev–Trinajstić information content (AvgIpc) is 2.03. The van der Waals surface area contributed by atoms with Crippen LogP contribution in [0.1, 0.15) is 12.8 Å². The molecule has 1 heterocycles. The van der Waals surface area contributed by atoms with Crippen LogP contribution in [0.15, 0.2) is 0 Å². The molecular formula is C6H8O5P+. The van der Waals surface area contributed by atoms with Gasteiger partial charge in [0.05, 0.1) is 13.5 Å². The van der Waals surface area contributed by atoms with Crippen LogP contribution in [0.5, 0.6) is 0 Å². The second-order valence-corrected chi connectivity index (χ2v) is 3.87. The highest BCUT2D eigenvalue weighted by Crippen LogP contribution is 2.34. The van der Waals surface area contributed by atoms with E-state index >= 15 is 0 Å². The van der Waals surface area contributed by atoms with Crippen molar-refractivity contribution in [2.24, 2.45) is 0 Å². The monoisotopic (exact) mass is 191 g/mol. The predicted molar refractivity (Wildman–Crippen MR) is 38.7 cm³/mol. The van der Waals surface area contributed by atoms with E-state index in [0.29, 0.717) is 0 Å². The number of hydrogen-bond acceptors (Lipinski definition) is 5. The standard InChI is InChI=1S/C6H8O5P/c1-10-12(9)4-2-3-5(7)11-6(4)8/h4H,2-3H2,1H3/q+1. The zero-order valence-corrected chi connectivity index (χ0v) is 7.37. The molecule has 1 saturated heterocycles.